The fourth-order valence-electron chi connectivity index (χ4n) is 2.36. The predicted molar refractivity (Wildman–Crippen MR) is 63.3 cm³/mol. The van der Waals surface area contributed by atoms with E-state index in [9.17, 15) is 0 Å². The molecule has 15 heavy (non-hydrogen) atoms. The minimum absolute atomic E-state index is 0.543. The van der Waals surface area contributed by atoms with E-state index in [-0.39, 0.29) is 0 Å². The van der Waals surface area contributed by atoms with E-state index in [1.54, 1.807) is 0 Å². The van der Waals surface area contributed by atoms with Crippen LogP contribution in [0.1, 0.15) is 34.9 Å². The lowest BCUT2D eigenvalue weighted by Crippen LogP contribution is -2.09. The molecule has 1 atom stereocenters. The van der Waals surface area contributed by atoms with Crippen molar-refractivity contribution in [3.63, 3.8) is 0 Å². The van der Waals surface area contributed by atoms with Crippen LogP contribution in [0.25, 0.3) is 0 Å². The number of hydrogen-bond acceptors (Lipinski definition) is 2. The van der Waals surface area contributed by atoms with Crippen LogP contribution in [0.15, 0.2) is 35.8 Å². The summed E-state index contributed by atoms with van der Waals surface area (Å²) in [6, 6.07) is 10.8. The largest absolute Gasteiger partial charge is 0.249 e. The van der Waals surface area contributed by atoms with Gasteiger partial charge in [0, 0.05) is 10.8 Å². The van der Waals surface area contributed by atoms with Gasteiger partial charge < -0.3 is 0 Å². The van der Waals surface area contributed by atoms with Crippen molar-refractivity contribution < 1.29 is 0 Å². The van der Waals surface area contributed by atoms with Crippen molar-refractivity contribution in [1.29, 1.82) is 0 Å². The molecule has 2 aromatic rings. The maximum Gasteiger partial charge on any atom is 0.0797 e. The molecule has 1 aromatic heterocycles. The molecule has 0 aliphatic heterocycles. The molecule has 1 aromatic carbocycles. The number of aryl methyl sites for hydroxylation is 1. The summed E-state index contributed by atoms with van der Waals surface area (Å²) < 4.78 is 0. The van der Waals surface area contributed by atoms with Gasteiger partial charge in [-0.05, 0) is 24.8 Å². The number of benzene rings is 1. The maximum atomic E-state index is 4.53. The summed E-state index contributed by atoms with van der Waals surface area (Å²) in [4.78, 5) is 6.03. The summed E-state index contributed by atoms with van der Waals surface area (Å²) in [5.41, 5.74) is 4.74. The Labute approximate surface area is 93.8 Å². The highest BCUT2D eigenvalue weighted by Gasteiger charge is 2.23. The molecule has 1 nitrogen and oxygen atoms in total. The van der Waals surface area contributed by atoms with E-state index in [2.05, 4.69) is 35.3 Å². The maximum absolute atomic E-state index is 4.53. The second-order valence-corrected chi connectivity index (χ2v) is 4.96. The zero-order valence-electron chi connectivity index (χ0n) is 8.52. The molecule has 1 unspecified atom stereocenters. The standard InChI is InChI=1S/C13H13NS/c1-2-5-10(6-3-1)11-7-4-8-12-13(11)14-9-15-12/h1-3,5-6,9,11H,4,7-8H2. The topological polar surface area (TPSA) is 12.9 Å². The zero-order valence-corrected chi connectivity index (χ0v) is 9.33. The van der Waals surface area contributed by atoms with Crippen molar-refractivity contribution in [3.8, 4) is 0 Å². The van der Waals surface area contributed by atoms with Gasteiger partial charge in [-0.3, -0.25) is 0 Å². The lowest BCUT2D eigenvalue weighted by molar-refractivity contribution is 0.610. The number of hydrogen-bond donors (Lipinski definition) is 0. The second kappa shape index (κ2) is 3.78. The number of thiazole rings is 1. The van der Waals surface area contributed by atoms with E-state index < -0.39 is 0 Å². The van der Waals surface area contributed by atoms with Crippen LogP contribution in [0.4, 0.5) is 0 Å². The first kappa shape index (κ1) is 9.10. The van der Waals surface area contributed by atoms with Crippen LogP contribution in [-0.2, 0) is 6.42 Å². The van der Waals surface area contributed by atoms with Crippen LogP contribution in [0.3, 0.4) is 0 Å². The van der Waals surface area contributed by atoms with Crippen LogP contribution >= 0.6 is 11.3 Å². The van der Waals surface area contributed by atoms with Gasteiger partial charge in [0.1, 0.15) is 0 Å². The van der Waals surface area contributed by atoms with E-state index in [1.165, 1.54) is 35.4 Å². The van der Waals surface area contributed by atoms with E-state index in [0.29, 0.717) is 5.92 Å². The van der Waals surface area contributed by atoms with E-state index in [1.807, 2.05) is 16.8 Å². The Hall–Kier alpha value is -1.15. The molecular formula is C13H13NS. The minimum atomic E-state index is 0.543. The van der Waals surface area contributed by atoms with Crippen LogP contribution in [-0.4, -0.2) is 4.98 Å². The molecule has 3 rings (SSSR count). The van der Waals surface area contributed by atoms with Gasteiger partial charge in [0.2, 0.25) is 0 Å². The van der Waals surface area contributed by atoms with Gasteiger partial charge >= 0.3 is 0 Å². The van der Waals surface area contributed by atoms with Crippen LogP contribution in [0.2, 0.25) is 0 Å². The first-order valence-electron chi connectivity index (χ1n) is 5.42. The van der Waals surface area contributed by atoms with Crippen molar-refractivity contribution in [1.82, 2.24) is 4.98 Å². The molecule has 0 saturated heterocycles. The molecular weight excluding hydrogens is 202 g/mol. The Kier molecular flexibility index (Phi) is 2.29. The molecule has 0 N–H and O–H groups in total. The van der Waals surface area contributed by atoms with Gasteiger partial charge in [0.15, 0.2) is 0 Å². The van der Waals surface area contributed by atoms with Gasteiger partial charge in [0.25, 0.3) is 0 Å². The SMILES string of the molecule is c1ccc(C2CCCc3scnc32)cc1. The minimum Gasteiger partial charge on any atom is -0.249 e. The zero-order chi connectivity index (χ0) is 10.1. The smallest absolute Gasteiger partial charge is 0.0797 e. The van der Waals surface area contributed by atoms with Gasteiger partial charge in [-0.15, -0.1) is 11.3 Å². The summed E-state index contributed by atoms with van der Waals surface area (Å²) >= 11 is 1.81. The van der Waals surface area contributed by atoms with Crippen molar-refractivity contribution >= 4 is 11.3 Å². The Morgan fingerprint density at radius 3 is 2.93 bits per heavy atom. The molecule has 0 saturated carbocycles. The Morgan fingerprint density at radius 2 is 2.07 bits per heavy atom. The monoisotopic (exact) mass is 215 g/mol. The van der Waals surface area contributed by atoms with Gasteiger partial charge in [-0.2, -0.15) is 0 Å². The van der Waals surface area contributed by atoms with E-state index in [4.69, 9.17) is 0 Å². The molecule has 0 fully saturated rings. The second-order valence-electron chi connectivity index (χ2n) is 4.02. The Morgan fingerprint density at radius 1 is 1.20 bits per heavy atom. The van der Waals surface area contributed by atoms with Crippen molar-refractivity contribution in [2.45, 2.75) is 25.2 Å². The van der Waals surface area contributed by atoms with Crippen molar-refractivity contribution in [3.05, 3.63) is 52.0 Å². The summed E-state index contributed by atoms with van der Waals surface area (Å²) in [7, 11) is 0. The molecule has 0 amide bonds. The Bertz CT molecular complexity index is 447. The normalized spacial score (nSPS) is 19.9. The predicted octanol–water partition coefficient (Wildman–Crippen LogP) is 3.61. The summed E-state index contributed by atoms with van der Waals surface area (Å²) in [6.07, 6.45) is 3.78. The summed E-state index contributed by atoms with van der Waals surface area (Å²) in [6.45, 7) is 0. The number of rotatable bonds is 1. The average Bonchev–Trinajstić information content (AvgIpc) is 2.78. The van der Waals surface area contributed by atoms with Crippen molar-refractivity contribution in [2.75, 3.05) is 0 Å². The summed E-state index contributed by atoms with van der Waals surface area (Å²) in [5, 5.41) is 0. The summed E-state index contributed by atoms with van der Waals surface area (Å²) in [5.74, 6) is 0.543. The van der Waals surface area contributed by atoms with Gasteiger partial charge in [0.05, 0.1) is 11.2 Å². The molecule has 0 radical (unpaired) electrons. The average molecular weight is 215 g/mol. The number of aromatic nitrogens is 1. The molecule has 1 aliphatic carbocycles. The van der Waals surface area contributed by atoms with E-state index >= 15 is 0 Å². The van der Waals surface area contributed by atoms with Crippen molar-refractivity contribution in [2.24, 2.45) is 0 Å². The highest BCUT2D eigenvalue weighted by molar-refractivity contribution is 7.09. The lowest BCUT2D eigenvalue weighted by Gasteiger charge is -2.21. The molecule has 1 heterocycles. The fraction of sp³-hybridized carbons (Fsp3) is 0.308. The molecule has 0 spiro atoms. The van der Waals surface area contributed by atoms with Crippen LogP contribution in [0, 0.1) is 0 Å². The highest BCUT2D eigenvalue weighted by atomic mass is 32.1. The van der Waals surface area contributed by atoms with Gasteiger partial charge in [-0.1, -0.05) is 30.3 Å². The van der Waals surface area contributed by atoms with E-state index in [0.717, 1.165) is 0 Å². The molecule has 0 bridgehead atoms. The fourth-order valence-corrected chi connectivity index (χ4v) is 3.24. The lowest BCUT2D eigenvalue weighted by atomic mass is 9.85. The molecule has 1 aliphatic rings. The quantitative estimate of drug-likeness (QED) is 0.708. The third-order valence-corrected chi connectivity index (χ3v) is 4.01. The Balaban J connectivity index is 2.03. The third-order valence-electron chi connectivity index (χ3n) is 3.10. The van der Waals surface area contributed by atoms with Gasteiger partial charge in [-0.25, -0.2) is 4.98 Å². The first-order valence-corrected chi connectivity index (χ1v) is 6.30. The third kappa shape index (κ3) is 1.59. The molecule has 2 heteroatoms. The number of fused-ring (bicyclic) bond motifs is 1. The first-order chi connectivity index (χ1) is 7.45. The van der Waals surface area contributed by atoms with Crippen LogP contribution in [0.5, 0.6) is 0 Å². The number of nitrogens with zero attached hydrogens (tertiary/aromatic N) is 1. The highest BCUT2D eigenvalue weighted by Crippen LogP contribution is 2.37. The molecule has 76 valence electrons. The van der Waals surface area contributed by atoms with Crippen LogP contribution < -0.4 is 0 Å².